The van der Waals surface area contributed by atoms with E-state index in [0.29, 0.717) is 116 Å². The first-order valence-electron chi connectivity index (χ1n) is 36.2. The van der Waals surface area contributed by atoms with Gasteiger partial charge in [0, 0.05) is 6.42 Å². The topological polar surface area (TPSA) is 490 Å². The molecular formula is C68H133N17O11. The van der Waals surface area contributed by atoms with Crippen LogP contribution >= 0.6 is 0 Å². The summed E-state index contributed by atoms with van der Waals surface area (Å²) in [4.78, 5) is 155. The minimum absolute atomic E-state index is 0.0108. The zero-order chi connectivity index (χ0) is 72.5. The van der Waals surface area contributed by atoms with E-state index in [1.54, 1.807) is 0 Å². The van der Waals surface area contributed by atoms with Crippen molar-refractivity contribution in [1.82, 2.24) is 53.2 Å². The highest BCUT2D eigenvalue weighted by Crippen LogP contribution is 2.16. The highest BCUT2D eigenvalue weighted by molar-refractivity contribution is 5.99. The van der Waals surface area contributed by atoms with Gasteiger partial charge in [-0.1, -0.05) is 88.0 Å². The maximum atomic E-state index is 14.7. The van der Waals surface area contributed by atoms with Gasteiger partial charge < -0.3 is 93.3 Å². The van der Waals surface area contributed by atoms with E-state index in [4.69, 9.17) is 40.1 Å². The second-order valence-corrected chi connectivity index (χ2v) is 27.5. The van der Waals surface area contributed by atoms with Crippen molar-refractivity contribution in [3.05, 3.63) is 0 Å². The smallest absolute Gasteiger partial charge is 0.243 e. The van der Waals surface area contributed by atoms with E-state index in [1.807, 2.05) is 55.4 Å². The Bertz CT molecular complexity index is 2260. The van der Waals surface area contributed by atoms with Crippen LogP contribution in [0, 0.1) is 23.7 Å². The van der Waals surface area contributed by atoms with Crippen molar-refractivity contribution in [2.75, 3.05) is 39.3 Å². The molecule has 0 unspecified atom stereocenters. The molecule has 28 heteroatoms. The first-order chi connectivity index (χ1) is 45.6. The van der Waals surface area contributed by atoms with Gasteiger partial charge >= 0.3 is 0 Å². The third-order valence-electron chi connectivity index (χ3n) is 16.4. The van der Waals surface area contributed by atoms with Crippen LogP contribution in [-0.2, 0) is 52.7 Å². The summed E-state index contributed by atoms with van der Waals surface area (Å²) in [6.07, 6.45) is 12.4. The van der Waals surface area contributed by atoms with Crippen molar-refractivity contribution in [1.29, 1.82) is 0 Å². The van der Waals surface area contributed by atoms with Gasteiger partial charge in [0.25, 0.3) is 0 Å². The molecule has 0 bridgehead atoms. The van der Waals surface area contributed by atoms with Gasteiger partial charge in [0.05, 0.1) is 0 Å². The number of nitrogens with one attached hydrogen (secondary N) is 10. The van der Waals surface area contributed by atoms with Crippen molar-refractivity contribution in [3.8, 4) is 0 Å². The van der Waals surface area contributed by atoms with Gasteiger partial charge in [0.15, 0.2) is 0 Å². The monoisotopic (exact) mass is 1360 g/mol. The van der Waals surface area contributed by atoms with Crippen LogP contribution in [0.3, 0.4) is 0 Å². The highest BCUT2D eigenvalue weighted by Gasteiger charge is 2.37. The lowest BCUT2D eigenvalue weighted by atomic mass is 9.98. The minimum atomic E-state index is -1.25. The number of nitrogens with two attached hydrogens (primary N) is 7. The second kappa shape index (κ2) is 53.9. The van der Waals surface area contributed by atoms with E-state index >= 15 is 0 Å². The minimum Gasteiger partial charge on any atom is -0.368 e. The summed E-state index contributed by atoms with van der Waals surface area (Å²) < 4.78 is 0. The van der Waals surface area contributed by atoms with Crippen LogP contribution in [0.1, 0.15) is 242 Å². The number of hydrogen-bond donors (Lipinski definition) is 17. The molecule has 0 aliphatic rings. The van der Waals surface area contributed by atoms with Gasteiger partial charge in [-0.2, -0.15) is 0 Å². The lowest BCUT2D eigenvalue weighted by molar-refractivity contribution is -0.136. The Kier molecular flexibility index (Phi) is 50.5. The Balaban J connectivity index is 7.08. The molecule has 0 saturated heterocycles. The molecule has 10 atom stereocenters. The van der Waals surface area contributed by atoms with Crippen molar-refractivity contribution in [2.45, 2.75) is 303 Å². The van der Waals surface area contributed by atoms with Gasteiger partial charge in [0.1, 0.15) is 60.4 Å². The predicted octanol–water partition coefficient (Wildman–Crippen LogP) is 1.64. The van der Waals surface area contributed by atoms with Crippen LogP contribution in [0.5, 0.6) is 0 Å². The maximum Gasteiger partial charge on any atom is 0.243 e. The maximum absolute atomic E-state index is 14.7. The molecule has 0 saturated carbocycles. The summed E-state index contributed by atoms with van der Waals surface area (Å²) in [7, 11) is 0. The van der Waals surface area contributed by atoms with Crippen LogP contribution in [0.4, 0.5) is 0 Å². The SMILES string of the molecule is CCCCCCCC(=O)N[C@@H](CCCCN)C(=O)N[C@@H](CCCCN)C(=O)N[C@@H](CC(C)C)C(=O)N[C@@H](CC(C)C)C(=O)N[C@@H](CCCCN)C(=O)N[C@@H](CCCCN)C(=O)N[C@@H](CC(C)C)C(=O)N[C@@H](CCCCN)C(=O)N[C@@H](CCCCN)C(=O)N[C@@H](CC(C)C)C(N)=O. The average Bonchev–Trinajstić information content (AvgIpc) is 0.907. The molecule has 24 N–H and O–H groups in total. The summed E-state index contributed by atoms with van der Waals surface area (Å²) >= 11 is 0. The quantitative estimate of drug-likeness (QED) is 0.0385. The van der Waals surface area contributed by atoms with Crippen molar-refractivity contribution in [2.24, 2.45) is 63.8 Å². The van der Waals surface area contributed by atoms with Crippen LogP contribution in [0.2, 0.25) is 0 Å². The molecule has 0 spiro atoms. The van der Waals surface area contributed by atoms with Crippen molar-refractivity contribution in [3.63, 3.8) is 0 Å². The number of amides is 11. The second-order valence-electron chi connectivity index (χ2n) is 27.5. The molecule has 0 radical (unpaired) electrons. The van der Waals surface area contributed by atoms with E-state index in [2.05, 4.69) is 60.1 Å². The summed E-state index contributed by atoms with van der Waals surface area (Å²) in [6.45, 7) is 18.9. The van der Waals surface area contributed by atoms with Crippen molar-refractivity contribution >= 4 is 65.0 Å². The first-order valence-corrected chi connectivity index (χ1v) is 36.2. The molecular weight excluding hydrogens is 1230 g/mol. The number of rotatable bonds is 58. The molecule has 0 aromatic heterocycles. The molecule has 556 valence electrons. The van der Waals surface area contributed by atoms with E-state index in [1.165, 1.54) is 0 Å². The largest absolute Gasteiger partial charge is 0.368 e. The van der Waals surface area contributed by atoms with E-state index in [9.17, 15) is 52.7 Å². The molecule has 96 heavy (non-hydrogen) atoms. The normalized spacial score (nSPS) is 14.6. The average molecular weight is 1360 g/mol. The summed E-state index contributed by atoms with van der Waals surface area (Å²) in [5.74, 6) is -7.49. The van der Waals surface area contributed by atoms with Crippen LogP contribution in [0.25, 0.3) is 0 Å². The Labute approximate surface area is 574 Å². The van der Waals surface area contributed by atoms with E-state index < -0.39 is 119 Å². The predicted molar refractivity (Wildman–Crippen MR) is 377 cm³/mol. The molecule has 28 nitrogen and oxygen atoms in total. The van der Waals surface area contributed by atoms with Gasteiger partial charge in [-0.05, 0) is 211 Å². The Morgan fingerprint density at radius 2 is 0.448 bits per heavy atom. The Hall–Kier alpha value is -6.07. The van der Waals surface area contributed by atoms with Gasteiger partial charge in [-0.25, -0.2) is 0 Å². The lowest BCUT2D eigenvalue weighted by Crippen LogP contribution is -2.61. The zero-order valence-electron chi connectivity index (χ0n) is 60.2. The molecule has 0 fully saturated rings. The molecule has 11 amide bonds. The molecule has 0 aliphatic carbocycles. The fourth-order valence-electron chi connectivity index (χ4n) is 11.0. The Morgan fingerprint density at radius 1 is 0.250 bits per heavy atom. The van der Waals surface area contributed by atoms with E-state index in [-0.39, 0.29) is 107 Å². The summed E-state index contributed by atoms with van der Waals surface area (Å²) in [5.41, 5.74) is 40.6. The van der Waals surface area contributed by atoms with E-state index in [0.717, 1.165) is 25.7 Å². The Morgan fingerprint density at radius 3 is 0.667 bits per heavy atom. The number of carbonyl (C=O) groups is 11. The number of primary amides is 1. The number of carbonyl (C=O) groups excluding carboxylic acids is 11. The van der Waals surface area contributed by atoms with Gasteiger partial charge in [-0.3, -0.25) is 52.7 Å². The zero-order valence-corrected chi connectivity index (χ0v) is 60.2. The van der Waals surface area contributed by atoms with Gasteiger partial charge in [0.2, 0.25) is 65.0 Å². The number of hydrogen-bond acceptors (Lipinski definition) is 17. The number of unbranched alkanes of at least 4 members (excludes halogenated alkanes) is 10. The standard InChI is InChI=1S/C68H133N17O11/c1-10-11-12-13-14-33-58(86)76-48(27-15-21-34-69)60(88)77-52(31-19-25-38-73)64(92)84-57(43-47(8)9)68(96)85-56(42-46(6)7)67(95)81-50(29-17-23-36-71)62(90)79-53(32-20-26-39-74)65(93)83-55(41-45(4)5)66(94)80-49(28-16-22-35-70)61(89)78-51(30-18-24-37-72)63(91)82-54(59(75)87)40-44(2)3/h44-57H,10-43,69-74H2,1-9H3,(H2,75,87)(H,76,86)(H,77,88)(H,78,89)(H,79,90)(H,80,94)(H,81,95)(H,82,91)(H,83,93)(H,84,92)(H,85,96)/t48-,49-,50-,51-,52-,53-,54-,55-,56-,57-/m0/s1. The molecule has 0 aromatic rings. The summed E-state index contributed by atoms with van der Waals surface area (Å²) in [6, 6.07) is -11.5. The molecule has 0 heterocycles. The fourth-order valence-corrected chi connectivity index (χ4v) is 11.0. The third kappa shape index (κ3) is 41.2. The van der Waals surface area contributed by atoms with Crippen LogP contribution < -0.4 is 93.3 Å². The highest BCUT2D eigenvalue weighted by atomic mass is 16.2. The third-order valence-corrected chi connectivity index (χ3v) is 16.4. The van der Waals surface area contributed by atoms with Gasteiger partial charge in [-0.15, -0.1) is 0 Å². The van der Waals surface area contributed by atoms with Crippen molar-refractivity contribution < 1.29 is 52.7 Å². The molecule has 0 aliphatic heterocycles. The molecule has 0 aromatic carbocycles. The molecule has 0 rings (SSSR count). The first kappa shape index (κ1) is 89.9. The lowest BCUT2D eigenvalue weighted by Gasteiger charge is -2.29. The van der Waals surface area contributed by atoms with Crippen LogP contribution in [0.15, 0.2) is 0 Å². The van der Waals surface area contributed by atoms with Crippen LogP contribution in [-0.4, -0.2) is 165 Å². The summed E-state index contributed by atoms with van der Waals surface area (Å²) in [5, 5.41) is 28.2. The fraction of sp³-hybridized carbons (Fsp3) is 0.838.